The predicted octanol–water partition coefficient (Wildman–Crippen LogP) is 1.73. The van der Waals surface area contributed by atoms with Crippen LogP contribution in [0.15, 0.2) is 0 Å². The fraction of sp³-hybridized carbons (Fsp3) is 1.00. The molecule has 54 valence electrons. The first kappa shape index (κ1) is 7.42. The third kappa shape index (κ3) is 2.59. The van der Waals surface area contributed by atoms with Gasteiger partial charge in [-0.3, -0.25) is 0 Å². The van der Waals surface area contributed by atoms with Gasteiger partial charge in [0.15, 0.2) is 0 Å². The van der Waals surface area contributed by atoms with Gasteiger partial charge >= 0.3 is 0 Å². The van der Waals surface area contributed by atoms with E-state index in [0.717, 1.165) is 19.1 Å². The van der Waals surface area contributed by atoms with Crippen LogP contribution in [0.5, 0.6) is 0 Å². The average molecular weight is 146 g/mol. The molecule has 0 aromatic carbocycles. The van der Waals surface area contributed by atoms with Crippen LogP contribution in [0.25, 0.3) is 0 Å². The van der Waals surface area contributed by atoms with Crippen molar-refractivity contribution in [3.8, 4) is 0 Å². The number of hydrogen-bond donors (Lipinski definition) is 1. The summed E-state index contributed by atoms with van der Waals surface area (Å²) < 4.78 is 5.22. The number of rotatable bonds is 2. The summed E-state index contributed by atoms with van der Waals surface area (Å²) in [5.41, 5.74) is 0. The van der Waals surface area contributed by atoms with Crippen molar-refractivity contribution in [3.05, 3.63) is 0 Å². The normalized spacial score (nSPS) is 30.7. The Kier molecular flexibility index (Phi) is 2.86. The van der Waals surface area contributed by atoms with Gasteiger partial charge in [0.2, 0.25) is 0 Å². The second-order valence-electron chi connectivity index (χ2n) is 2.81. The van der Waals surface area contributed by atoms with Crippen molar-refractivity contribution in [2.24, 2.45) is 5.92 Å². The van der Waals surface area contributed by atoms with Gasteiger partial charge in [-0.25, -0.2) is 0 Å². The van der Waals surface area contributed by atoms with Crippen LogP contribution in [0.2, 0.25) is 0 Å². The van der Waals surface area contributed by atoms with Crippen LogP contribution in [0.4, 0.5) is 0 Å². The molecule has 0 saturated carbocycles. The zero-order chi connectivity index (χ0) is 6.69. The minimum absolute atomic E-state index is 0.539. The molecule has 0 amide bonds. The van der Waals surface area contributed by atoms with Gasteiger partial charge in [-0.15, -0.1) is 0 Å². The van der Waals surface area contributed by atoms with Crippen molar-refractivity contribution in [1.82, 2.24) is 0 Å². The standard InChI is InChI=1S/C7H14OS/c1-6(9)4-7-2-3-8-5-7/h6-7,9H,2-5H2,1H3. The molecule has 1 rings (SSSR count). The first-order chi connectivity index (χ1) is 4.29. The van der Waals surface area contributed by atoms with E-state index in [2.05, 4.69) is 19.6 Å². The predicted molar refractivity (Wildman–Crippen MR) is 42.0 cm³/mol. The van der Waals surface area contributed by atoms with Crippen molar-refractivity contribution in [1.29, 1.82) is 0 Å². The van der Waals surface area contributed by atoms with Gasteiger partial charge in [-0.1, -0.05) is 6.92 Å². The second-order valence-corrected chi connectivity index (χ2v) is 3.70. The molecule has 2 atom stereocenters. The summed E-state index contributed by atoms with van der Waals surface area (Å²) in [6, 6.07) is 0. The summed E-state index contributed by atoms with van der Waals surface area (Å²) in [5.74, 6) is 0.789. The molecule has 0 aromatic heterocycles. The van der Waals surface area contributed by atoms with E-state index in [-0.39, 0.29) is 0 Å². The lowest BCUT2D eigenvalue weighted by atomic mass is 10.0. The molecule has 1 nitrogen and oxygen atoms in total. The van der Waals surface area contributed by atoms with E-state index in [1.807, 2.05) is 0 Å². The quantitative estimate of drug-likeness (QED) is 0.584. The summed E-state index contributed by atoms with van der Waals surface area (Å²) in [6.07, 6.45) is 2.45. The fourth-order valence-corrected chi connectivity index (χ4v) is 1.55. The Balaban J connectivity index is 2.11. The monoisotopic (exact) mass is 146 g/mol. The van der Waals surface area contributed by atoms with Gasteiger partial charge in [-0.2, -0.15) is 12.6 Å². The summed E-state index contributed by atoms with van der Waals surface area (Å²) in [4.78, 5) is 0. The molecule has 1 aliphatic rings. The summed E-state index contributed by atoms with van der Waals surface area (Å²) in [5, 5.41) is 0.539. The van der Waals surface area contributed by atoms with Gasteiger partial charge in [0.25, 0.3) is 0 Å². The van der Waals surface area contributed by atoms with E-state index in [1.165, 1.54) is 12.8 Å². The molecular weight excluding hydrogens is 132 g/mol. The highest BCUT2D eigenvalue weighted by Crippen LogP contribution is 2.19. The molecular formula is C7H14OS. The van der Waals surface area contributed by atoms with Crippen molar-refractivity contribution in [2.75, 3.05) is 13.2 Å². The van der Waals surface area contributed by atoms with Crippen molar-refractivity contribution < 1.29 is 4.74 Å². The van der Waals surface area contributed by atoms with Crippen molar-refractivity contribution in [2.45, 2.75) is 25.0 Å². The molecule has 1 fully saturated rings. The average Bonchev–Trinajstić information content (AvgIpc) is 2.15. The minimum Gasteiger partial charge on any atom is -0.381 e. The molecule has 0 aliphatic carbocycles. The maximum Gasteiger partial charge on any atom is 0.0495 e. The Hall–Kier alpha value is 0.310. The third-order valence-electron chi connectivity index (χ3n) is 1.70. The number of ether oxygens (including phenoxy) is 1. The molecule has 2 unspecified atom stereocenters. The molecule has 0 aromatic rings. The largest absolute Gasteiger partial charge is 0.381 e. The minimum atomic E-state index is 0.539. The van der Waals surface area contributed by atoms with Gasteiger partial charge in [-0.05, 0) is 24.0 Å². The second kappa shape index (κ2) is 3.47. The molecule has 2 heteroatoms. The smallest absolute Gasteiger partial charge is 0.0495 e. The third-order valence-corrected chi connectivity index (χ3v) is 1.91. The summed E-state index contributed by atoms with van der Waals surface area (Å²) in [6.45, 7) is 4.07. The van der Waals surface area contributed by atoms with Crippen LogP contribution in [0.3, 0.4) is 0 Å². The lowest BCUT2D eigenvalue weighted by molar-refractivity contribution is 0.184. The topological polar surface area (TPSA) is 9.23 Å². The van der Waals surface area contributed by atoms with Crippen LogP contribution >= 0.6 is 12.6 Å². The van der Waals surface area contributed by atoms with Gasteiger partial charge < -0.3 is 4.74 Å². The van der Waals surface area contributed by atoms with Crippen molar-refractivity contribution >= 4 is 12.6 Å². The van der Waals surface area contributed by atoms with Crippen LogP contribution in [0, 0.1) is 5.92 Å². The Labute approximate surface area is 62.2 Å². The van der Waals surface area contributed by atoms with E-state index >= 15 is 0 Å². The Morgan fingerprint density at radius 3 is 3.00 bits per heavy atom. The number of hydrogen-bond acceptors (Lipinski definition) is 2. The Morgan fingerprint density at radius 1 is 1.78 bits per heavy atom. The zero-order valence-corrected chi connectivity index (χ0v) is 6.73. The maximum atomic E-state index is 5.22. The lowest BCUT2D eigenvalue weighted by Gasteiger charge is -2.08. The van der Waals surface area contributed by atoms with E-state index in [9.17, 15) is 0 Å². The molecule has 0 bridgehead atoms. The molecule has 1 saturated heterocycles. The van der Waals surface area contributed by atoms with Crippen LogP contribution in [0.1, 0.15) is 19.8 Å². The molecule has 1 aliphatic heterocycles. The summed E-state index contributed by atoms with van der Waals surface area (Å²) >= 11 is 4.32. The summed E-state index contributed by atoms with van der Waals surface area (Å²) in [7, 11) is 0. The molecule has 0 spiro atoms. The van der Waals surface area contributed by atoms with Gasteiger partial charge in [0.05, 0.1) is 0 Å². The van der Waals surface area contributed by atoms with E-state index in [0.29, 0.717) is 5.25 Å². The van der Waals surface area contributed by atoms with Crippen LogP contribution < -0.4 is 0 Å². The van der Waals surface area contributed by atoms with E-state index < -0.39 is 0 Å². The van der Waals surface area contributed by atoms with Gasteiger partial charge in [0.1, 0.15) is 0 Å². The fourth-order valence-electron chi connectivity index (χ4n) is 1.25. The molecule has 0 N–H and O–H groups in total. The highest BCUT2D eigenvalue weighted by Gasteiger charge is 2.16. The first-order valence-corrected chi connectivity index (χ1v) is 4.06. The Bertz CT molecular complexity index is 77.0. The first-order valence-electron chi connectivity index (χ1n) is 3.55. The lowest BCUT2D eigenvalue weighted by Crippen LogP contribution is -2.04. The number of thiol groups is 1. The SMILES string of the molecule is CC(S)CC1CCOC1. The van der Waals surface area contributed by atoms with Crippen LogP contribution in [-0.2, 0) is 4.74 Å². The van der Waals surface area contributed by atoms with E-state index in [4.69, 9.17) is 4.74 Å². The Morgan fingerprint density at radius 2 is 2.56 bits per heavy atom. The molecule has 1 heterocycles. The van der Waals surface area contributed by atoms with Gasteiger partial charge in [0, 0.05) is 13.2 Å². The zero-order valence-electron chi connectivity index (χ0n) is 5.84. The van der Waals surface area contributed by atoms with Crippen LogP contribution in [-0.4, -0.2) is 18.5 Å². The maximum absolute atomic E-state index is 5.22. The molecule has 9 heavy (non-hydrogen) atoms. The van der Waals surface area contributed by atoms with Crippen molar-refractivity contribution in [3.63, 3.8) is 0 Å². The highest BCUT2D eigenvalue weighted by molar-refractivity contribution is 7.80. The highest BCUT2D eigenvalue weighted by atomic mass is 32.1. The molecule has 0 radical (unpaired) electrons. The van der Waals surface area contributed by atoms with E-state index in [1.54, 1.807) is 0 Å².